The molecule has 0 fully saturated rings. The van der Waals surface area contributed by atoms with E-state index in [4.69, 9.17) is 10.8 Å². The van der Waals surface area contributed by atoms with Crippen LogP contribution in [0.15, 0.2) is 6.07 Å². The van der Waals surface area contributed by atoms with E-state index in [-0.39, 0.29) is 0 Å². The normalized spacial score (nSPS) is 12.5. The first-order valence-electron chi connectivity index (χ1n) is 4.67. The lowest BCUT2D eigenvalue weighted by molar-refractivity contribution is 0.208. The highest BCUT2D eigenvalue weighted by molar-refractivity contribution is 5.44. The summed E-state index contributed by atoms with van der Waals surface area (Å²) in [6.45, 7) is 4.13. The van der Waals surface area contributed by atoms with Crippen LogP contribution in [0.1, 0.15) is 19.7 Å². The number of aliphatic hydroxyl groups is 1. The van der Waals surface area contributed by atoms with E-state index in [2.05, 4.69) is 15.3 Å². The van der Waals surface area contributed by atoms with Crippen LogP contribution >= 0.6 is 0 Å². The van der Waals surface area contributed by atoms with Gasteiger partial charge in [-0.25, -0.2) is 9.97 Å². The van der Waals surface area contributed by atoms with Gasteiger partial charge in [-0.1, -0.05) is 6.92 Å². The van der Waals surface area contributed by atoms with Crippen LogP contribution in [-0.4, -0.2) is 27.7 Å². The van der Waals surface area contributed by atoms with Gasteiger partial charge in [0, 0.05) is 19.0 Å². The van der Waals surface area contributed by atoms with Crippen molar-refractivity contribution in [2.75, 3.05) is 17.6 Å². The number of nitrogens with one attached hydrogen (secondary N) is 1. The van der Waals surface area contributed by atoms with Gasteiger partial charge in [-0.2, -0.15) is 0 Å². The summed E-state index contributed by atoms with van der Waals surface area (Å²) in [5.74, 6) is 1.82. The van der Waals surface area contributed by atoms with Crippen LogP contribution in [-0.2, 0) is 6.42 Å². The van der Waals surface area contributed by atoms with Gasteiger partial charge >= 0.3 is 0 Å². The first-order chi connectivity index (χ1) is 6.61. The number of nitrogens with zero attached hydrogens (tertiary/aromatic N) is 2. The number of nitrogen functional groups attached to an aromatic ring is 1. The molecule has 0 spiro atoms. The predicted octanol–water partition coefficient (Wildman–Crippen LogP) is 0.414. The van der Waals surface area contributed by atoms with Crippen LogP contribution in [0, 0.1) is 0 Å². The Hall–Kier alpha value is -1.36. The fraction of sp³-hybridized carbons (Fsp3) is 0.556. The van der Waals surface area contributed by atoms with Crippen molar-refractivity contribution in [3.8, 4) is 0 Å². The topological polar surface area (TPSA) is 84.1 Å². The number of rotatable bonds is 4. The molecule has 0 radical (unpaired) electrons. The van der Waals surface area contributed by atoms with E-state index >= 15 is 0 Å². The number of hydrogen-bond donors (Lipinski definition) is 3. The van der Waals surface area contributed by atoms with E-state index < -0.39 is 6.10 Å². The van der Waals surface area contributed by atoms with Crippen LogP contribution in [0.5, 0.6) is 0 Å². The molecular formula is C9H16N4O. The van der Waals surface area contributed by atoms with Crippen LogP contribution in [0.2, 0.25) is 0 Å². The van der Waals surface area contributed by atoms with Crippen LogP contribution < -0.4 is 11.1 Å². The molecule has 4 N–H and O–H groups in total. The Labute approximate surface area is 83.4 Å². The van der Waals surface area contributed by atoms with Gasteiger partial charge in [-0.15, -0.1) is 0 Å². The van der Waals surface area contributed by atoms with E-state index in [9.17, 15) is 0 Å². The molecule has 5 nitrogen and oxygen atoms in total. The molecule has 0 aliphatic heterocycles. The molecule has 5 heteroatoms. The lowest BCUT2D eigenvalue weighted by atomic mass is 10.4. The standard InChI is InChI=1S/C9H16N4O/c1-3-8-12-7(10)4-9(13-8)11-5-6(2)14/h4,6,14H,3,5H2,1-2H3,(H3,10,11,12,13)/t6-/m0/s1. The Morgan fingerprint density at radius 1 is 1.57 bits per heavy atom. The Morgan fingerprint density at radius 3 is 2.86 bits per heavy atom. The summed E-state index contributed by atoms with van der Waals surface area (Å²) in [6.07, 6.45) is 0.338. The smallest absolute Gasteiger partial charge is 0.132 e. The average Bonchev–Trinajstić information content (AvgIpc) is 2.14. The number of nitrogens with two attached hydrogens (primary N) is 1. The molecule has 1 rings (SSSR count). The van der Waals surface area contributed by atoms with Crippen molar-refractivity contribution in [3.05, 3.63) is 11.9 Å². The van der Waals surface area contributed by atoms with E-state index in [0.29, 0.717) is 24.0 Å². The zero-order valence-corrected chi connectivity index (χ0v) is 8.49. The summed E-state index contributed by atoms with van der Waals surface area (Å²) in [4.78, 5) is 8.25. The van der Waals surface area contributed by atoms with Crippen LogP contribution in [0.4, 0.5) is 11.6 Å². The Balaban J connectivity index is 2.71. The molecule has 1 aromatic rings. The fourth-order valence-electron chi connectivity index (χ4n) is 1.02. The van der Waals surface area contributed by atoms with Gasteiger partial charge in [-0.3, -0.25) is 0 Å². The highest BCUT2D eigenvalue weighted by atomic mass is 16.3. The molecule has 1 heterocycles. The first-order valence-corrected chi connectivity index (χ1v) is 4.67. The van der Waals surface area contributed by atoms with Gasteiger partial charge in [0.15, 0.2) is 0 Å². The van der Waals surface area contributed by atoms with E-state index in [1.54, 1.807) is 13.0 Å². The second-order valence-corrected chi connectivity index (χ2v) is 3.18. The second-order valence-electron chi connectivity index (χ2n) is 3.18. The van der Waals surface area contributed by atoms with Crippen molar-refractivity contribution < 1.29 is 5.11 Å². The molecule has 0 unspecified atom stereocenters. The first kappa shape index (κ1) is 10.7. The largest absolute Gasteiger partial charge is 0.392 e. The Morgan fingerprint density at radius 2 is 2.29 bits per heavy atom. The minimum absolute atomic E-state index is 0.406. The highest BCUT2D eigenvalue weighted by Gasteiger charge is 2.01. The van der Waals surface area contributed by atoms with E-state index in [1.165, 1.54) is 0 Å². The second kappa shape index (κ2) is 4.76. The molecule has 0 aliphatic carbocycles. The van der Waals surface area contributed by atoms with Crippen molar-refractivity contribution in [1.82, 2.24) is 9.97 Å². The number of aliphatic hydroxyl groups excluding tert-OH is 1. The third kappa shape index (κ3) is 3.18. The number of hydrogen-bond acceptors (Lipinski definition) is 5. The Kier molecular flexibility index (Phi) is 3.64. The summed E-state index contributed by atoms with van der Waals surface area (Å²) in [6, 6.07) is 1.65. The van der Waals surface area contributed by atoms with Gasteiger partial charge in [0.1, 0.15) is 17.5 Å². The minimum atomic E-state index is -0.406. The quantitative estimate of drug-likeness (QED) is 0.649. The van der Waals surface area contributed by atoms with Gasteiger partial charge in [0.25, 0.3) is 0 Å². The third-order valence-corrected chi connectivity index (χ3v) is 1.69. The number of anilines is 2. The zero-order valence-electron chi connectivity index (χ0n) is 8.49. The van der Waals surface area contributed by atoms with Crippen LogP contribution in [0.3, 0.4) is 0 Å². The summed E-state index contributed by atoms with van der Waals surface area (Å²) < 4.78 is 0. The molecular weight excluding hydrogens is 180 g/mol. The van der Waals surface area contributed by atoms with Crippen molar-refractivity contribution >= 4 is 11.6 Å². The maximum absolute atomic E-state index is 9.07. The highest BCUT2D eigenvalue weighted by Crippen LogP contribution is 2.08. The molecule has 1 aromatic heterocycles. The SMILES string of the molecule is CCc1nc(N)cc(NC[C@H](C)O)n1. The van der Waals surface area contributed by atoms with Gasteiger partial charge in [-0.05, 0) is 6.92 Å². The maximum Gasteiger partial charge on any atom is 0.132 e. The fourth-order valence-corrected chi connectivity index (χ4v) is 1.02. The van der Waals surface area contributed by atoms with Crippen LogP contribution in [0.25, 0.3) is 0 Å². The summed E-state index contributed by atoms with van der Waals surface area (Å²) >= 11 is 0. The van der Waals surface area contributed by atoms with E-state index in [0.717, 1.165) is 6.42 Å². The molecule has 0 aliphatic rings. The molecule has 0 aromatic carbocycles. The average molecular weight is 196 g/mol. The Bertz CT molecular complexity index is 301. The predicted molar refractivity (Wildman–Crippen MR) is 56.0 cm³/mol. The van der Waals surface area contributed by atoms with Crippen molar-refractivity contribution in [1.29, 1.82) is 0 Å². The third-order valence-electron chi connectivity index (χ3n) is 1.69. The summed E-state index contributed by atoms with van der Waals surface area (Å²) in [5.41, 5.74) is 5.59. The van der Waals surface area contributed by atoms with Crippen molar-refractivity contribution in [3.63, 3.8) is 0 Å². The van der Waals surface area contributed by atoms with Crippen molar-refractivity contribution in [2.24, 2.45) is 0 Å². The minimum Gasteiger partial charge on any atom is -0.392 e. The van der Waals surface area contributed by atoms with Gasteiger partial charge < -0.3 is 16.2 Å². The summed E-state index contributed by atoms with van der Waals surface area (Å²) in [5, 5.41) is 12.1. The molecule has 78 valence electrons. The lowest BCUT2D eigenvalue weighted by Crippen LogP contribution is -2.16. The summed E-state index contributed by atoms with van der Waals surface area (Å²) in [7, 11) is 0. The molecule has 14 heavy (non-hydrogen) atoms. The number of aromatic nitrogens is 2. The zero-order chi connectivity index (χ0) is 10.6. The monoisotopic (exact) mass is 196 g/mol. The molecule has 0 saturated heterocycles. The van der Waals surface area contributed by atoms with Gasteiger partial charge in [0.2, 0.25) is 0 Å². The van der Waals surface area contributed by atoms with E-state index in [1.807, 2.05) is 6.92 Å². The molecule has 0 amide bonds. The number of aryl methyl sites for hydroxylation is 1. The molecule has 0 bridgehead atoms. The molecule has 1 atom stereocenters. The maximum atomic E-state index is 9.07. The van der Waals surface area contributed by atoms with Crippen molar-refractivity contribution in [2.45, 2.75) is 26.4 Å². The lowest BCUT2D eigenvalue weighted by Gasteiger charge is -2.08. The molecule has 0 saturated carbocycles. The van der Waals surface area contributed by atoms with Gasteiger partial charge in [0.05, 0.1) is 6.10 Å².